The molecule has 118 valence electrons. The van der Waals surface area contributed by atoms with Crippen molar-refractivity contribution in [1.29, 1.82) is 0 Å². The zero-order chi connectivity index (χ0) is 15.6. The Labute approximate surface area is 136 Å². The van der Waals surface area contributed by atoms with Gasteiger partial charge in [-0.25, -0.2) is 9.97 Å². The Morgan fingerprint density at radius 1 is 1.26 bits per heavy atom. The average molecular weight is 328 g/mol. The van der Waals surface area contributed by atoms with Crippen molar-refractivity contribution in [3.63, 3.8) is 0 Å². The van der Waals surface area contributed by atoms with Gasteiger partial charge >= 0.3 is 0 Å². The van der Waals surface area contributed by atoms with E-state index >= 15 is 0 Å². The molecule has 3 aromatic heterocycles. The highest BCUT2D eigenvalue weighted by molar-refractivity contribution is 7.20. The third-order valence-corrected chi connectivity index (χ3v) is 4.94. The van der Waals surface area contributed by atoms with Crippen LogP contribution in [0.3, 0.4) is 0 Å². The molecule has 23 heavy (non-hydrogen) atoms. The molecule has 7 nitrogen and oxygen atoms in total. The quantitative estimate of drug-likeness (QED) is 0.782. The van der Waals surface area contributed by atoms with Crippen LogP contribution in [0.1, 0.15) is 6.42 Å². The average Bonchev–Trinajstić information content (AvgIpc) is 3.21. The Bertz CT molecular complexity index is 861. The number of hydrogen-bond acceptors (Lipinski definition) is 7. The molecule has 4 rings (SSSR count). The third kappa shape index (κ3) is 2.89. The summed E-state index contributed by atoms with van der Waals surface area (Å²) in [4.78, 5) is 23.1. The molecule has 0 radical (unpaired) electrons. The summed E-state index contributed by atoms with van der Waals surface area (Å²) in [6.07, 6.45) is 4.41. The standard InChI is InChI=1S/C15H16N6OS/c22-13-4-7-17-14-21(13)19-15(23-14)20-8-5-11(10-20)9-18-12-3-1-2-6-16-12/h1-4,6-7,11H,5,8-10H2,(H,16,18). The molecule has 1 atom stereocenters. The molecule has 1 unspecified atom stereocenters. The predicted molar refractivity (Wildman–Crippen MR) is 90.2 cm³/mol. The molecule has 1 fully saturated rings. The second kappa shape index (κ2) is 5.96. The smallest absolute Gasteiger partial charge is 0.275 e. The molecule has 0 amide bonds. The van der Waals surface area contributed by atoms with Gasteiger partial charge in [-0.05, 0) is 24.5 Å². The Hall–Kier alpha value is -2.48. The largest absolute Gasteiger partial charge is 0.370 e. The van der Waals surface area contributed by atoms with Gasteiger partial charge in [0.2, 0.25) is 10.1 Å². The van der Waals surface area contributed by atoms with Gasteiger partial charge in [0.1, 0.15) is 5.82 Å². The summed E-state index contributed by atoms with van der Waals surface area (Å²) >= 11 is 1.46. The van der Waals surface area contributed by atoms with Crippen molar-refractivity contribution in [2.75, 3.05) is 29.9 Å². The SMILES string of the molecule is O=c1ccnc2sc(N3CCC(CNc4ccccn4)C3)nn12. The lowest BCUT2D eigenvalue weighted by molar-refractivity contribution is 0.621. The van der Waals surface area contributed by atoms with Crippen LogP contribution in [-0.4, -0.2) is 39.2 Å². The summed E-state index contributed by atoms with van der Waals surface area (Å²) in [6, 6.07) is 7.28. The third-order valence-electron chi connectivity index (χ3n) is 3.95. The number of hydrogen-bond donors (Lipinski definition) is 1. The van der Waals surface area contributed by atoms with Crippen LogP contribution in [0.15, 0.2) is 41.5 Å². The molecule has 1 saturated heterocycles. The van der Waals surface area contributed by atoms with E-state index in [9.17, 15) is 4.79 Å². The maximum atomic E-state index is 11.8. The lowest BCUT2D eigenvalue weighted by atomic mass is 10.1. The van der Waals surface area contributed by atoms with Crippen LogP contribution in [0.5, 0.6) is 0 Å². The number of anilines is 2. The highest BCUT2D eigenvalue weighted by atomic mass is 32.1. The van der Waals surface area contributed by atoms with Gasteiger partial charge in [-0.1, -0.05) is 17.4 Å². The molecule has 3 aromatic rings. The summed E-state index contributed by atoms with van der Waals surface area (Å²) in [5, 5.41) is 8.63. The van der Waals surface area contributed by atoms with Gasteiger partial charge in [-0.15, -0.1) is 5.10 Å². The van der Waals surface area contributed by atoms with E-state index in [1.165, 1.54) is 28.1 Å². The maximum Gasteiger partial charge on any atom is 0.275 e. The van der Waals surface area contributed by atoms with E-state index in [1.807, 2.05) is 18.2 Å². The fraction of sp³-hybridized carbons (Fsp3) is 0.333. The first kappa shape index (κ1) is 14.1. The van der Waals surface area contributed by atoms with Crippen LogP contribution in [0.4, 0.5) is 10.9 Å². The van der Waals surface area contributed by atoms with Crippen LogP contribution in [0, 0.1) is 5.92 Å². The minimum absolute atomic E-state index is 0.134. The first-order valence-corrected chi connectivity index (χ1v) is 8.36. The molecule has 1 aliphatic heterocycles. The topological polar surface area (TPSA) is 75.4 Å². The highest BCUT2D eigenvalue weighted by Crippen LogP contribution is 2.27. The van der Waals surface area contributed by atoms with E-state index in [0.717, 1.165) is 37.0 Å². The first-order chi connectivity index (χ1) is 11.3. The summed E-state index contributed by atoms with van der Waals surface area (Å²) in [5.74, 6) is 1.44. The van der Waals surface area contributed by atoms with Gasteiger partial charge < -0.3 is 10.2 Å². The van der Waals surface area contributed by atoms with Crippen molar-refractivity contribution in [2.24, 2.45) is 5.92 Å². The van der Waals surface area contributed by atoms with E-state index in [-0.39, 0.29) is 5.56 Å². The molecule has 0 aromatic carbocycles. The number of rotatable bonds is 4. The molecular weight excluding hydrogens is 312 g/mol. The van der Waals surface area contributed by atoms with E-state index in [0.29, 0.717) is 10.9 Å². The molecular formula is C15H16N6OS. The highest BCUT2D eigenvalue weighted by Gasteiger charge is 2.25. The minimum atomic E-state index is -0.134. The van der Waals surface area contributed by atoms with Crippen LogP contribution >= 0.6 is 11.3 Å². The van der Waals surface area contributed by atoms with E-state index in [2.05, 4.69) is 25.3 Å². The number of nitrogens with one attached hydrogen (secondary N) is 1. The van der Waals surface area contributed by atoms with Crippen molar-refractivity contribution < 1.29 is 0 Å². The van der Waals surface area contributed by atoms with Crippen LogP contribution in [-0.2, 0) is 0 Å². The molecule has 0 bridgehead atoms. The summed E-state index contributed by atoms with van der Waals surface area (Å²) < 4.78 is 1.37. The number of nitrogens with zero attached hydrogens (tertiary/aromatic N) is 5. The summed E-state index contributed by atoms with van der Waals surface area (Å²) in [6.45, 7) is 2.76. The van der Waals surface area contributed by atoms with E-state index in [1.54, 1.807) is 6.20 Å². The molecule has 1 aliphatic rings. The van der Waals surface area contributed by atoms with Crippen LogP contribution in [0.25, 0.3) is 4.96 Å². The summed E-state index contributed by atoms with van der Waals surface area (Å²) in [7, 11) is 0. The number of aromatic nitrogens is 4. The summed E-state index contributed by atoms with van der Waals surface area (Å²) in [5.41, 5.74) is -0.134. The van der Waals surface area contributed by atoms with Gasteiger partial charge in [-0.2, -0.15) is 4.52 Å². The van der Waals surface area contributed by atoms with Crippen molar-refractivity contribution in [1.82, 2.24) is 19.6 Å². The van der Waals surface area contributed by atoms with Crippen LogP contribution in [0.2, 0.25) is 0 Å². The molecule has 8 heteroatoms. The first-order valence-electron chi connectivity index (χ1n) is 7.54. The van der Waals surface area contributed by atoms with E-state index < -0.39 is 0 Å². The second-order valence-electron chi connectivity index (χ2n) is 5.56. The van der Waals surface area contributed by atoms with Gasteiger partial charge in [0, 0.05) is 38.1 Å². The second-order valence-corrected chi connectivity index (χ2v) is 6.49. The molecule has 0 aliphatic carbocycles. The maximum absolute atomic E-state index is 11.8. The van der Waals surface area contributed by atoms with Gasteiger partial charge in [0.05, 0.1) is 0 Å². The van der Waals surface area contributed by atoms with Crippen molar-refractivity contribution in [2.45, 2.75) is 6.42 Å². The fourth-order valence-corrected chi connectivity index (χ4v) is 3.66. The molecule has 0 saturated carbocycles. The lowest BCUT2D eigenvalue weighted by Crippen LogP contribution is -2.23. The Balaban J connectivity index is 1.43. The van der Waals surface area contributed by atoms with Crippen molar-refractivity contribution >= 4 is 27.2 Å². The predicted octanol–water partition coefficient (Wildman–Crippen LogP) is 1.48. The Morgan fingerprint density at radius 3 is 3.04 bits per heavy atom. The normalized spacial score (nSPS) is 17.7. The van der Waals surface area contributed by atoms with Gasteiger partial charge in [0.15, 0.2) is 0 Å². The fourth-order valence-electron chi connectivity index (χ4n) is 2.75. The lowest BCUT2D eigenvalue weighted by Gasteiger charge is -2.14. The molecule has 1 N–H and O–H groups in total. The Kier molecular flexibility index (Phi) is 3.66. The number of pyridine rings is 1. The molecule has 0 spiro atoms. The zero-order valence-electron chi connectivity index (χ0n) is 12.4. The van der Waals surface area contributed by atoms with Crippen LogP contribution < -0.4 is 15.8 Å². The van der Waals surface area contributed by atoms with Crippen molar-refractivity contribution in [3.8, 4) is 0 Å². The number of fused-ring (bicyclic) bond motifs is 1. The van der Waals surface area contributed by atoms with E-state index in [4.69, 9.17) is 0 Å². The van der Waals surface area contributed by atoms with Crippen molar-refractivity contribution in [3.05, 3.63) is 47.0 Å². The molecule has 4 heterocycles. The minimum Gasteiger partial charge on any atom is -0.370 e. The van der Waals surface area contributed by atoms with Gasteiger partial charge in [0.25, 0.3) is 5.56 Å². The monoisotopic (exact) mass is 328 g/mol. The zero-order valence-corrected chi connectivity index (χ0v) is 13.2. The Morgan fingerprint density at radius 2 is 2.22 bits per heavy atom. The van der Waals surface area contributed by atoms with Gasteiger partial charge in [-0.3, -0.25) is 4.79 Å².